The smallest absolute Gasteiger partial charge is 0.258 e. The summed E-state index contributed by atoms with van der Waals surface area (Å²) in [6.07, 6.45) is 3.58. The van der Waals surface area contributed by atoms with Gasteiger partial charge in [-0.25, -0.2) is 0 Å². The largest absolute Gasteiger partial charge is 0.334 e. The van der Waals surface area contributed by atoms with E-state index in [1.807, 2.05) is 30.3 Å². The number of nitrogens with two attached hydrogens (primary N) is 1. The van der Waals surface area contributed by atoms with E-state index in [2.05, 4.69) is 22.0 Å². The van der Waals surface area contributed by atoms with Gasteiger partial charge < -0.3 is 10.3 Å². The van der Waals surface area contributed by atoms with Crippen LogP contribution in [-0.2, 0) is 0 Å². The molecule has 0 aliphatic heterocycles. The Bertz CT molecular complexity index is 717. The van der Waals surface area contributed by atoms with Crippen LogP contribution in [0.25, 0.3) is 22.4 Å². The van der Waals surface area contributed by atoms with E-state index >= 15 is 0 Å². The molecule has 0 fully saturated rings. The lowest BCUT2D eigenvalue weighted by Crippen LogP contribution is -2.11. The van der Waals surface area contributed by atoms with Crippen LogP contribution in [-0.4, -0.2) is 15.1 Å². The van der Waals surface area contributed by atoms with E-state index in [1.54, 1.807) is 6.20 Å². The van der Waals surface area contributed by atoms with Gasteiger partial charge in [-0.1, -0.05) is 36.7 Å². The summed E-state index contributed by atoms with van der Waals surface area (Å²) in [5.74, 6) is 1.05. The molecule has 20 heavy (non-hydrogen) atoms. The van der Waals surface area contributed by atoms with E-state index in [0.29, 0.717) is 11.7 Å². The van der Waals surface area contributed by atoms with Crippen LogP contribution in [0.3, 0.4) is 0 Å². The lowest BCUT2D eigenvalue weighted by Gasteiger charge is -2.03. The Morgan fingerprint density at radius 2 is 2.10 bits per heavy atom. The van der Waals surface area contributed by atoms with Crippen LogP contribution in [0.4, 0.5) is 0 Å². The Hall–Kier alpha value is -2.27. The van der Waals surface area contributed by atoms with E-state index in [4.69, 9.17) is 10.3 Å². The number of pyridine rings is 1. The van der Waals surface area contributed by atoms with E-state index in [9.17, 15) is 0 Å². The molecule has 3 aromatic rings. The highest BCUT2D eigenvalue weighted by Gasteiger charge is 2.16. The predicted octanol–water partition coefficient (Wildman–Crippen LogP) is 3.08. The average Bonchev–Trinajstić information content (AvgIpc) is 2.97. The fourth-order valence-corrected chi connectivity index (χ4v) is 2.22. The summed E-state index contributed by atoms with van der Waals surface area (Å²) in [7, 11) is 0. The van der Waals surface area contributed by atoms with Gasteiger partial charge in [0.15, 0.2) is 5.82 Å². The summed E-state index contributed by atoms with van der Waals surface area (Å²) in [6.45, 7) is 2.08. The maximum Gasteiger partial charge on any atom is 0.258 e. The summed E-state index contributed by atoms with van der Waals surface area (Å²) >= 11 is 0. The number of hydrogen-bond acceptors (Lipinski definition) is 5. The van der Waals surface area contributed by atoms with Crippen molar-refractivity contribution < 1.29 is 4.52 Å². The normalized spacial score (nSPS) is 12.7. The summed E-state index contributed by atoms with van der Waals surface area (Å²) in [4.78, 5) is 8.74. The van der Waals surface area contributed by atoms with E-state index in [-0.39, 0.29) is 6.04 Å². The van der Waals surface area contributed by atoms with Crippen molar-refractivity contribution in [2.45, 2.75) is 25.8 Å². The second-order valence-electron chi connectivity index (χ2n) is 4.73. The third kappa shape index (κ3) is 2.28. The number of para-hydroxylation sites is 1. The molecular formula is C15H16N4O. The van der Waals surface area contributed by atoms with Gasteiger partial charge in [-0.3, -0.25) is 4.98 Å². The molecule has 1 atom stereocenters. The third-order valence-electron chi connectivity index (χ3n) is 3.25. The minimum Gasteiger partial charge on any atom is -0.334 e. The quantitative estimate of drug-likeness (QED) is 0.786. The molecular weight excluding hydrogens is 252 g/mol. The Morgan fingerprint density at radius 1 is 1.25 bits per heavy atom. The van der Waals surface area contributed by atoms with Gasteiger partial charge in [0.1, 0.15) is 0 Å². The second kappa shape index (κ2) is 5.38. The van der Waals surface area contributed by atoms with Gasteiger partial charge in [-0.05, 0) is 18.6 Å². The van der Waals surface area contributed by atoms with E-state index in [0.717, 1.165) is 29.3 Å². The third-order valence-corrected chi connectivity index (χ3v) is 3.25. The SMILES string of the molecule is CCCC(N)c1noc(-c2ccnc3ccccc23)n1. The lowest BCUT2D eigenvalue weighted by molar-refractivity contribution is 0.413. The first kappa shape index (κ1) is 12.7. The number of hydrogen-bond donors (Lipinski definition) is 1. The molecule has 2 heterocycles. The number of aromatic nitrogens is 3. The van der Waals surface area contributed by atoms with Crippen LogP contribution in [0.1, 0.15) is 31.6 Å². The Kier molecular flexibility index (Phi) is 3.43. The molecule has 0 saturated carbocycles. The Balaban J connectivity index is 2.03. The first-order valence-electron chi connectivity index (χ1n) is 6.73. The topological polar surface area (TPSA) is 77.8 Å². The van der Waals surface area contributed by atoms with Crippen molar-refractivity contribution in [3.63, 3.8) is 0 Å². The highest BCUT2D eigenvalue weighted by molar-refractivity contribution is 5.91. The molecule has 0 saturated heterocycles. The van der Waals surface area contributed by atoms with Gasteiger partial charge >= 0.3 is 0 Å². The highest BCUT2D eigenvalue weighted by atomic mass is 16.5. The van der Waals surface area contributed by atoms with Crippen molar-refractivity contribution in [2.24, 2.45) is 5.73 Å². The molecule has 0 radical (unpaired) electrons. The maximum atomic E-state index is 6.01. The molecule has 0 spiro atoms. The van der Waals surface area contributed by atoms with Gasteiger partial charge in [0, 0.05) is 11.6 Å². The van der Waals surface area contributed by atoms with Crippen molar-refractivity contribution in [3.05, 3.63) is 42.4 Å². The van der Waals surface area contributed by atoms with Crippen molar-refractivity contribution in [1.29, 1.82) is 0 Å². The van der Waals surface area contributed by atoms with Crippen molar-refractivity contribution in [1.82, 2.24) is 15.1 Å². The van der Waals surface area contributed by atoms with Gasteiger partial charge in [-0.2, -0.15) is 4.98 Å². The molecule has 3 rings (SSSR count). The van der Waals surface area contributed by atoms with Crippen LogP contribution in [0, 0.1) is 0 Å². The lowest BCUT2D eigenvalue weighted by atomic mass is 10.1. The highest BCUT2D eigenvalue weighted by Crippen LogP contribution is 2.26. The van der Waals surface area contributed by atoms with E-state index in [1.165, 1.54) is 0 Å². The van der Waals surface area contributed by atoms with E-state index < -0.39 is 0 Å². The summed E-state index contributed by atoms with van der Waals surface area (Å²) < 4.78 is 5.36. The second-order valence-corrected chi connectivity index (χ2v) is 4.73. The molecule has 2 aromatic heterocycles. The van der Waals surface area contributed by atoms with Crippen LogP contribution < -0.4 is 5.73 Å². The molecule has 0 bridgehead atoms. The zero-order valence-electron chi connectivity index (χ0n) is 11.3. The van der Waals surface area contributed by atoms with Gasteiger partial charge in [-0.15, -0.1) is 0 Å². The molecule has 1 aromatic carbocycles. The number of benzene rings is 1. The number of fused-ring (bicyclic) bond motifs is 1. The first-order chi connectivity index (χ1) is 9.79. The molecule has 5 nitrogen and oxygen atoms in total. The fraction of sp³-hybridized carbons (Fsp3) is 0.267. The Labute approximate surface area is 116 Å². The fourth-order valence-electron chi connectivity index (χ4n) is 2.22. The molecule has 1 unspecified atom stereocenters. The van der Waals surface area contributed by atoms with Gasteiger partial charge in [0.25, 0.3) is 5.89 Å². The van der Waals surface area contributed by atoms with Crippen LogP contribution >= 0.6 is 0 Å². The molecule has 2 N–H and O–H groups in total. The van der Waals surface area contributed by atoms with Crippen LogP contribution in [0.5, 0.6) is 0 Å². The zero-order chi connectivity index (χ0) is 13.9. The number of rotatable bonds is 4. The molecule has 0 aliphatic rings. The summed E-state index contributed by atoms with van der Waals surface area (Å²) in [6, 6.07) is 9.58. The van der Waals surface area contributed by atoms with Crippen molar-refractivity contribution >= 4 is 10.9 Å². The molecule has 0 aliphatic carbocycles. The standard InChI is InChI=1S/C15H16N4O/c1-2-5-12(16)14-18-15(20-19-14)11-8-9-17-13-7-4-3-6-10(11)13/h3-4,6-9,12H,2,5,16H2,1H3. The average molecular weight is 268 g/mol. The van der Waals surface area contributed by atoms with Gasteiger partial charge in [0.2, 0.25) is 0 Å². The van der Waals surface area contributed by atoms with Crippen LogP contribution in [0.2, 0.25) is 0 Å². The van der Waals surface area contributed by atoms with Crippen molar-refractivity contribution in [2.75, 3.05) is 0 Å². The van der Waals surface area contributed by atoms with Crippen LogP contribution in [0.15, 0.2) is 41.1 Å². The maximum absolute atomic E-state index is 6.01. The zero-order valence-corrected chi connectivity index (χ0v) is 11.3. The summed E-state index contributed by atoms with van der Waals surface area (Å²) in [5, 5.41) is 4.98. The van der Waals surface area contributed by atoms with Crippen molar-refractivity contribution in [3.8, 4) is 11.5 Å². The summed E-state index contributed by atoms with van der Waals surface area (Å²) in [5.41, 5.74) is 7.80. The molecule has 102 valence electrons. The number of nitrogens with zero attached hydrogens (tertiary/aromatic N) is 3. The first-order valence-corrected chi connectivity index (χ1v) is 6.73. The monoisotopic (exact) mass is 268 g/mol. The Morgan fingerprint density at radius 3 is 2.95 bits per heavy atom. The minimum absolute atomic E-state index is 0.175. The van der Waals surface area contributed by atoms with Gasteiger partial charge in [0.05, 0.1) is 17.1 Å². The molecule has 0 amide bonds. The predicted molar refractivity (Wildman–Crippen MR) is 76.9 cm³/mol. The molecule has 5 heteroatoms. The minimum atomic E-state index is -0.175.